The Hall–Kier alpha value is -1.38. The summed E-state index contributed by atoms with van der Waals surface area (Å²) in [6, 6.07) is 3.80. The van der Waals surface area contributed by atoms with Crippen molar-refractivity contribution in [2.45, 2.75) is 20.3 Å². The zero-order valence-corrected chi connectivity index (χ0v) is 8.00. The van der Waals surface area contributed by atoms with E-state index in [1.807, 2.05) is 26.0 Å². The van der Waals surface area contributed by atoms with Gasteiger partial charge < -0.3 is 5.32 Å². The fraction of sp³-hybridized carbons (Fsp3) is 0.400. The minimum absolute atomic E-state index is 0.0492. The Labute approximate surface area is 78.2 Å². The third kappa shape index (κ3) is 2.05. The van der Waals surface area contributed by atoms with E-state index in [1.165, 1.54) is 0 Å². The standard InChI is InChI=1S/C8H8N2O.C2H6/c11-8-7-6(3-5-10-8)2-1-4-9-7;1-2/h1-2,4H,3,5H2,(H,10,11);1-2H3. The van der Waals surface area contributed by atoms with Crippen molar-refractivity contribution in [1.82, 2.24) is 10.3 Å². The summed E-state index contributed by atoms with van der Waals surface area (Å²) < 4.78 is 0. The van der Waals surface area contributed by atoms with Crippen LogP contribution in [0.25, 0.3) is 0 Å². The van der Waals surface area contributed by atoms with Crippen LogP contribution >= 0.6 is 0 Å². The van der Waals surface area contributed by atoms with Crippen LogP contribution < -0.4 is 5.32 Å². The van der Waals surface area contributed by atoms with E-state index in [9.17, 15) is 4.79 Å². The van der Waals surface area contributed by atoms with Crippen LogP contribution in [0, 0.1) is 0 Å². The first-order valence-electron chi connectivity index (χ1n) is 4.60. The number of carbonyl (C=O) groups is 1. The Morgan fingerprint density at radius 2 is 2.23 bits per heavy atom. The quantitative estimate of drug-likeness (QED) is 0.652. The molecular weight excluding hydrogens is 164 g/mol. The average molecular weight is 178 g/mol. The van der Waals surface area contributed by atoms with E-state index in [4.69, 9.17) is 0 Å². The van der Waals surface area contributed by atoms with Crippen LogP contribution in [0.3, 0.4) is 0 Å². The molecule has 0 aliphatic carbocycles. The van der Waals surface area contributed by atoms with Crippen molar-refractivity contribution in [2.75, 3.05) is 6.54 Å². The number of fused-ring (bicyclic) bond motifs is 1. The molecular formula is C10H14N2O. The minimum Gasteiger partial charge on any atom is -0.350 e. The highest BCUT2D eigenvalue weighted by Gasteiger charge is 2.16. The Kier molecular flexibility index (Phi) is 3.43. The first-order valence-corrected chi connectivity index (χ1v) is 4.60. The summed E-state index contributed by atoms with van der Waals surface area (Å²) in [4.78, 5) is 15.1. The number of nitrogens with zero attached hydrogens (tertiary/aromatic N) is 1. The molecule has 0 radical (unpaired) electrons. The van der Waals surface area contributed by atoms with Crippen molar-refractivity contribution in [2.24, 2.45) is 0 Å². The molecule has 1 aromatic heterocycles. The minimum atomic E-state index is -0.0492. The van der Waals surface area contributed by atoms with Gasteiger partial charge in [-0.25, -0.2) is 0 Å². The SMILES string of the molecule is CC.O=C1NCCc2cccnc21. The van der Waals surface area contributed by atoms with Gasteiger partial charge in [-0.1, -0.05) is 19.9 Å². The van der Waals surface area contributed by atoms with Crippen molar-refractivity contribution < 1.29 is 4.79 Å². The van der Waals surface area contributed by atoms with Crippen LogP contribution in [0.2, 0.25) is 0 Å². The summed E-state index contributed by atoms with van der Waals surface area (Å²) in [6.07, 6.45) is 2.54. The van der Waals surface area contributed by atoms with Crippen LogP contribution in [0.1, 0.15) is 29.9 Å². The van der Waals surface area contributed by atoms with Gasteiger partial charge in [-0.3, -0.25) is 9.78 Å². The van der Waals surface area contributed by atoms with Gasteiger partial charge in [0.05, 0.1) is 0 Å². The zero-order valence-electron chi connectivity index (χ0n) is 8.00. The topological polar surface area (TPSA) is 42.0 Å². The van der Waals surface area contributed by atoms with Crippen molar-refractivity contribution in [3.05, 3.63) is 29.6 Å². The lowest BCUT2D eigenvalue weighted by Crippen LogP contribution is -2.32. The molecule has 2 heterocycles. The average Bonchev–Trinajstić information content (AvgIpc) is 2.22. The summed E-state index contributed by atoms with van der Waals surface area (Å²) >= 11 is 0. The highest BCUT2D eigenvalue weighted by Crippen LogP contribution is 2.08. The molecule has 0 spiro atoms. The van der Waals surface area contributed by atoms with Gasteiger partial charge in [-0.2, -0.15) is 0 Å². The molecule has 13 heavy (non-hydrogen) atoms. The molecule has 3 heteroatoms. The van der Waals surface area contributed by atoms with Crippen LogP contribution in [-0.4, -0.2) is 17.4 Å². The van der Waals surface area contributed by atoms with E-state index in [2.05, 4.69) is 10.3 Å². The molecule has 0 saturated heterocycles. The molecule has 70 valence electrons. The van der Waals surface area contributed by atoms with Crippen LogP contribution in [-0.2, 0) is 6.42 Å². The molecule has 0 atom stereocenters. The molecule has 2 rings (SSSR count). The Bertz CT molecular complexity index is 297. The molecule has 0 saturated carbocycles. The summed E-state index contributed by atoms with van der Waals surface area (Å²) in [7, 11) is 0. The molecule has 1 aliphatic rings. The fourth-order valence-corrected chi connectivity index (χ4v) is 1.24. The molecule has 1 aliphatic heterocycles. The second-order valence-corrected chi connectivity index (χ2v) is 2.52. The zero-order chi connectivity index (χ0) is 9.68. The third-order valence-corrected chi connectivity index (χ3v) is 1.79. The van der Waals surface area contributed by atoms with Crippen LogP contribution in [0.4, 0.5) is 0 Å². The Balaban J connectivity index is 0.000000396. The summed E-state index contributed by atoms with van der Waals surface area (Å²) in [6.45, 7) is 4.73. The van der Waals surface area contributed by atoms with Gasteiger partial charge in [0.1, 0.15) is 5.69 Å². The normalized spacial score (nSPS) is 13.5. The maximum absolute atomic E-state index is 11.1. The molecule has 0 bridgehead atoms. The molecule has 3 nitrogen and oxygen atoms in total. The van der Waals surface area contributed by atoms with Gasteiger partial charge >= 0.3 is 0 Å². The van der Waals surface area contributed by atoms with E-state index >= 15 is 0 Å². The summed E-state index contributed by atoms with van der Waals surface area (Å²) in [5.41, 5.74) is 1.63. The number of rotatable bonds is 0. The second kappa shape index (κ2) is 4.60. The monoisotopic (exact) mass is 178 g/mol. The number of amides is 1. The second-order valence-electron chi connectivity index (χ2n) is 2.52. The first kappa shape index (κ1) is 9.71. The lowest BCUT2D eigenvalue weighted by atomic mass is 10.1. The predicted octanol–water partition coefficient (Wildman–Crippen LogP) is 1.39. The number of pyridine rings is 1. The van der Waals surface area contributed by atoms with Crippen molar-refractivity contribution in [3.63, 3.8) is 0 Å². The van der Waals surface area contributed by atoms with E-state index in [-0.39, 0.29) is 5.91 Å². The van der Waals surface area contributed by atoms with E-state index in [1.54, 1.807) is 6.20 Å². The van der Waals surface area contributed by atoms with Gasteiger partial charge in [0, 0.05) is 12.7 Å². The third-order valence-electron chi connectivity index (χ3n) is 1.79. The van der Waals surface area contributed by atoms with Crippen molar-refractivity contribution in [3.8, 4) is 0 Å². The number of hydrogen-bond donors (Lipinski definition) is 1. The fourth-order valence-electron chi connectivity index (χ4n) is 1.24. The van der Waals surface area contributed by atoms with Gasteiger partial charge in [-0.15, -0.1) is 0 Å². The Morgan fingerprint density at radius 1 is 1.46 bits per heavy atom. The van der Waals surface area contributed by atoms with Gasteiger partial charge in [0.15, 0.2) is 0 Å². The molecule has 1 aromatic rings. The van der Waals surface area contributed by atoms with E-state index < -0.39 is 0 Å². The lowest BCUT2D eigenvalue weighted by molar-refractivity contribution is 0.0940. The number of nitrogens with one attached hydrogen (secondary N) is 1. The van der Waals surface area contributed by atoms with Crippen LogP contribution in [0.15, 0.2) is 18.3 Å². The van der Waals surface area contributed by atoms with Gasteiger partial charge in [0.2, 0.25) is 0 Å². The van der Waals surface area contributed by atoms with E-state index in [0.29, 0.717) is 5.69 Å². The van der Waals surface area contributed by atoms with Crippen LogP contribution in [0.5, 0.6) is 0 Å². The smallest absolute Gasteiger partial charge is 0.270 e. The molecule has 0 aromatic carbocycles. The Morgan fingerprint density at radius 3 is 2.92 bits per heavy atom. The predicted molar refractivity (Wildman–Crippen MR) is 51.6 cm³/mol. The molecule has 0 unspecified atom stereocenters. The maximum Gasteiger partial charge on any atom is 0.270 e. The molecule has 1 N–H and O–H groups in total. The van der Waals surface area contributed by atoms with Gasteiger partial charge in [-0.05, 0) is 18.1 Å². The number of hydrogen-bond acceptors (Lipinski definition) is 2. The molecule has 0 fully saturated rings. The van der Waals surface area contributed by atoms with E-state index in [0.717, 1.165) is 18.5 Å². The van der Waals surface area contributed by atoms with Gasteiger partial charge in [0.25, 0.3) is 5.91 Å². The highest BCUT2D eigenvalue weighted by atomic mass is 16.1. The molecule has 1 amide bonds. The lowest BCUT2D eigenvalue weighted by Gasteiger charge is -2.13. The van der Waals surface area contributed by atoms with Crippen molar-refractivity contribution >= 4 is 5.91 Å². The largest absolute Gasteiger partial charge is 0.350 e. The maximum atomic E-state index is 11.1. The summed E-state index contributed by atoms with van der Waals surface area (Å²) in [5.74, 6) is -0.0492. The van der Waals surface area contributed by atoms with Crippen molar-refractivity contribution in [1.29, 1.82) is 0 Å². The number of carbonyl (C=O) groups excluding carboxylic acids is 1. The first-order chi connectivity index (χ1) is 6.38. The number of aromatic nitrogens is 1. The summed E-state index contributed by atoms with van der Waals surface area (Å²) in [5, 5.41) is 2.74. The highest BCUT2D eigenvalue weighted by molar-refractivity contribution is 5.94.